The van der Waals surface area contributed by atoms with Crippen molar-refractivity contribution in [2.45, 2.75) is 38.3 Å². The van der Waals surface area contributed by atoms with E-state index >= 15 is 0 Å². The van der Waals surface area contributed by atoms with Gasteiger partial charge >= 0.3 is 12.1 Å². The van der Waals surface area contributed by atoms with Crippen LogP contribution in [-0.2, 0) is 6.18 Å². The number of pyridine rings is 1. The van der Waals surface area contributed by atoms with Gasteiger partial charge in [0.05, 0.1) is 11.0 Å². The molecule has 1 aromatic rings. The maximum atomic E-state index is 14.0. The molecule has 1 saturated carbocycles. The summed E-state index contributed by atoms with van der Waals surface area (Å²) in [6.45, 7) is 0.813. The van der Waals surface area contributed by atoms with Crippen molar-refractivity contribution in [1.82, 2.24) is 4.98 Å². The van der Waals surface area contributed by atoms with E-state index in [-0.39, 0.29) is 18.9 Å². The van der Waals surface area contributed by atoms with E-state index in [0.29, 0.717) is 19.0 Å². The zero-order valence-corrected chi connectivity index (χ0v) is 12.8. The van der Waals surface area contributed by atoms with Gasteiger partial charge in [-0.15, -0.1) is 0 Å². The van der Waals surface area contributed by atoms with E-state index in [2.05, 4.69) is 4.98 Å². The Morgan fingerprint density at radius 3 is 2.42 bits per heavy atom. The first-order valence-corrected chi connectivity index (χ1v) is 7.41. The maximum Gasteiger partial charge on any atom is 0.418 e. The molecule has 0 atom stereocenters. The summed E-state index contributed by atoms with van der Waals surface area (Å²) in [5.74, 6) is -4.56. The first kappa shape index (κ1) is 16.9. The van der Waals surface area contributed by atoms with E-state index in [4.69, 9.17) is 0 Å². The largest absolute Gasteiger partial charge is 0.478 e. The average molecular weight is 350 g/mol. The average Bonchev–Trinajstić information content (AvgIpc) is 3.21. The Labute approximate surface area is 134 Å². The number of hydrogen-bond donors (Lipinski definition) is 1. The van der Waals surface area contributed by atoms with E-state index < -0.39 is 46.6 Å². The standard InChI is InChI=1S/C15H15F5N2O2/c1-8-9(15(18,19)20)6-21-11(10(8)12(23)24)22-5-4-14(16,17)13(7-22)2-3-13/h6H,2-5,7H2,1H3,(H,23,24). The molecular weight excluding hydrogens is 335 g/mol. The smallest absolute Gasteiger partial charge is 0.418 e. The van der Waals surface area contributed by atoms with Gasteiger partial charge in [-0.25, -0.2) is 18.6 Å². The Bertz CT molecular complexity index is 698. The van der Waals surface area contributed by atoms with Crippen molar-refractivity contribution >= 4 is 11.8 Å². The Kier molecular flexibility index (Phi) is 3.55. The Balaban J connectivity index is 2.03. The quantitative estimate of drug-likeness (QED) is 0.826. The third kappa shape index (κ3) is 2.50. The predicted octanol–water partition coefficient (Wildman–Crippen LogP) is 3.73. The summed E-state index contributed by atoms with van der Waals surface area (Å²) in [4.78, 5) is 16.5. The second kappa shape index (κ2) is 5.03. The number of hydrogen-bond acceptors (Lipinski definition) is 3. The molecule has 1 aliphatic heterocycles. The molecule has 1 aliphatic carbocycles. The first-order valence-electron chi connectivity index (χ1n) is 7.41. The van der Waals surface area contributed by atoms with Crippen LogP contribution in [0.4, 0.5) is 27.8 Å². The number of anilines is 1. The highest BCUT2D eigenvalue weighted by atomic mass is 19.4. The van der Waals surface area contributed by atoms with Crippen molar-refractivity contribution in [3.05, 3.63) is 22.9 Å². The highest BCUT2D eigenvalue weighted by molar-refractivity contribution is 5.95. The van der Waals surface area contributed by atoms with Crippen molar-refractivity contribution in [2.75, 3.05) is 18.0 Å². The Hall–Kier alpha value is -1.93. The summed E-state index contributed by atoms with van der Waals surface area (Å²) < 4.78 is 66.8. The molecule has 1 spiro atoms. The highest BCUT2D eigenvalue weighted by Crippen LogP contribution is 2.60. The van der Waals surface area contributed by atoms with Crippen LogP contribution in [0.3, 0.4) is 0 Å². The highest BCUT2D eigenvalue weighted by Gasteiger charge is 2.64. The van der Waals surface area contributed by atoms with E-state index in [1.54, 1.807) is 0 Å². The number of halogens is 5. The lowest BCUT2D eigenvalue weighted by molar-refractivity contribution is -0.138. The fraction of sp³-hybridized carbons (Fsp3) is 0.600. The molecular formula is C15H15F5N2O2. The van der Waals surface area contributed by atoms with Gasteiger partial charge < -0.3 is 10.0 Å². The molecule has 4 nitrogen and oxygen atoms in total. The monoisotopic (exact) mass is 350 g/mol. The minimum absolute atomic E-state index is 0.0991. The minimum atomic E-state index is -4.73. The number of alkyl halides is 5. The SMILES string of the molecule is Cc1c(C(F)(F)F)cnc(N2CCC(F)(F)C3(CC3)C2)c1C(=O)O. The van der Waals surface area contributed by atoms with E-state index in [1.165, 1.54) is 4.90 Å². The van der Waals surface area contributed by atoms with Crippen LogP contribution in [-0.4, -0.2) is 35.1 Å². The first-order chi connectivity index (χ1) is 11.0. The van der Waals surface area contributed by atoms with Crippen LogP contribution < -0.4 is 4.90 Å². The Morgan fingerprint density at radius 1 is 1.29 bits per heavy atom. The lowest BCUT2D eigenvalue weighted by Crippen LogP contribution is -2.49. The molecule has 0 bridgehead atoms. The second-order valence-corrected chi connectivity index (χ2v) is 6.45. The lowest BCUT2D eigenvalue weighted by atomic mass is 9.90. The number of piperidine rings is 1. The number of nitrogens with zero attached hydrogens (tertiary/aromatic N) is 2. The van der Waals surface area contributed by atoms with Gasteiger partial charge in [0.1, 0.15) is 11.4 Å². The third-order valence-electron chi connectivity index (χ3n) is 4.96. The molecule has 0 radical (unpaired) electrons. The van der Waals surface area contributed by atoms with Gasteiger partial charge in [0.15, 0.2) is 0 Å². The summed E-state index contributed by atoms with van der Waals surface area (Å²) in [6, 6.07) is 0. The molecule has 1 N–H and O–H groups in total. The molecule has 1 saturated heterocycles. The number of aromatic nitrogens is 1. The van der Waals surface area contributed by atoms with Crippen molar-refractivity contribution < 1.29 is 31.9 Å². The van der Waals surface area contributed by atoms with Crippen LogP contribution in [0.1, 0.15) is 40.7 Å². The van der Waals surface area contributed by atoms with Crippen LogP contribution in [0.5, 0.6) is 0 Å². The van der Waals surface area contributed by atoms with Crippen LogP contribution in [0.2, 0.25) is 0 Å². The van der Waals surface area contributed by atoms with Crippen molar-refractivity contribution in [1.29, 1.82) is 0 Å². The van der Waals surface area contributed by atoms with Crippen LogP contribution in [0.25, 0.3) is 0 Å². The fourth-order valence-corrected chi connectivity index (χ4v) is 3.33. The summed E-state index contributed by atoms with van der Waals surface area (Å²) in [6.07, 6.45) is -3.99. The van der Waals surface area contributed by atoms with Gasteiger partial charge in [0, 0.05) is 25.7 Å². The van der Waals surface area contributed by atoms with Gasteiger partial charge in [0.2, 0.25) is 0 Å². The van der Waals surface area contributed by atoms with E-state index in [0.717, 1.165) is 6.92 Å². The molecule has 132 valence electrons. The molecule has 2 aliphatic rings. The van der Waals surface area contributed by atoms with Crippen molar-refractivity contribution in [3.8, 4) is 0 Å². The summed E-state index contributed by atoms with van der Waals surface area (Å²) in [5, 5.41) is 9.33. The van der Waals surface area contributed by atoms with Gasteiger partial charge in [-0.05, 0) is 25.3 Å². The fourth-order valence-electron chi connectivity index (χ4n) is 3.33. The predicted molar refractivity (Wildman–Crippen MR) is 74.4 cm³/mol. The molecule has 0 unspecified atom stereocenters. The molecule has 3 rings (SSSR count). The van der Waals surface area contributed by atoms with Gasteiger partial charge in [0.25, 0.3) is 5.92 Å². The molecule has 2 heterocycles. The third-order valence-corrected chi connectivity index (χ3v) is 4.96. The number of carboxylic acids is 1. The van der Waals surface area contributed by atoms with Crippen molar-refractivity contribution in [3.63, 3.8) is 0 Å². The maximum absolute atomic E-state index is 14.0. The van der Waals surface area contributed by atoms with Gasteiger partial charge in [-0.1, -0.05) is 0 Å². The zero-order valence-electron chi connectivity index (χ0n) is 12.8. The van der Waals surface area contributed by atoms with Crippen LogP contribution >= 0.6 is 0 Å². The number of carboxylic acid groups (broad SMARTS) is 1. The number of aromatic carboxylic acids is 1. The molecule has 24 heavy (non-hydrogen) atoms. The molecule has 9 heteroatoms. The minimum Gasteiger partial charge on any atom is -0.478 e. The zero-order chi connectivity index (χ0) is 17.9. The molecule has 0 amide bonds. The van der Waals surface area contributed by atoms with Gasteiger partial charge in [-0.2, -0.15) is 13.2 Å². The lowest BCUT2D eigenvalue weighted by Gasteiger charge is -2.40. The number of carbonyl (C=O) groups is 1. The van der Waals surface area contributed by atoms with Crippen LogP contribution in [0, 0.1) is 12.3 Å². The summed E-state index contributed by atoms with van der Waals surface area (Å²) >= 11 is 0. The van der Waals surface area contributed by atoms with Crippen LogP contribution in [0.15, 0.2) is 6.20 Å². The van der Waals surface area contributed by atoms with Gasteiger partial charge in [-0.3, -0.25) is 0 Å². The molecule has 0 aromatic carbocycles. The van der Waals surface area contributed by atoms with E-state index in [9.17, 15) is 31.9 Å². The normalized spacial score (nSPS) is 21.8. The molecule has 1 aromatic heterocycles. The second-order valence-electron chi connectivity index (χ2n) is 6.45. The summed E-state index contributed by atoms with van der Waals surface area (Å²) in [5.41, 5.74) is -3.38. The molecule has 2 fully saturated rings. The van der Waals surface area contributed by atoms with E-state index in [1.807, 2.05) is 0 Å². The number of rotatable bonds is 2. The topological polar surface area (TPSA) is 53.4 Å². The Morgan fingerprint density at radius 2 is 1.92 bits per heavy atom. The van der Waals surface area contributed by atoms with Crippen molar-refractivity contribution in [2.24, 2.45) is 5.41 Å². The summed E-state index contributed by atoms with van der Waals surface area (Å²) in [7, 11) is 0.